The zero-order valence-corrected chi connectivity index (χ0v) is 25.6. The number of nitrogens with two attached hydrogens (primary N) is 1. The van der Waals surface area contributed by atoms with E-state index in [4.69, 9.17) is 15.7 Å². The van der Waals surface area contributed by atoms with E-state index >= 15 is 0 Å². The maximum Gasteiger partial charge on any atom is 1.00 e. The monoisotopic (exact) mass is 607 g/mol. The van der Waals surface area contributed by atoms with Crippen LogP contribution in [-0.2, 0) is 30.4 Å². The summed E-state index contributed by atoms with van der Waals surface area (Å²) in [6.07, 6.45) is -0.132. The van der Waals surface area contributed by atoms with E-state index in [2.05, 4.69) is 20.4 Å². The van der Waals surface area contributed by atoms with Crippen LogP contribution in [0.4, 0.5) is 5.13 Å². The quantitative estimate of drug-likeness (QED) is 0.0763. The Bertz CT molecular complexity index is 1340. The summed E-state index contributed by atoms with van der Waals surface area (Å²) in [4.78, 5) is 63.9. The Hall–Kier alpha value is -2.15. The van der Waals surface area contributed by atoms with E-state index in [9.17, 15) is 24.3 Å². The molecule has 1 saturated heterocycles. The molecule has 196 valence electrons. The van der Waals surface area contributed by atoms with E-state index in [0.29, 0.717) is 26.2 Å². The first-order valence-corrected chi connectivity index (χ1v) is 14.2. The topological polar surface area (TPSA) is 197 Å². The number of carbonyl (C=O) groups is 4. The fraction of sp³-hybridized carbons (Fsp3) is 0.350. The first kappa shape index (κ1) is 30.4. The van der Waals surface area contributed by atoms with Gasteiger partial charge in [0.1, 0.15) is 29.9 Å². The van der Waals surface area contributed by atoms with Crippen molar-refractivity contribution in [1.29, 1.82) is 0 Å². The molecule has 2 aromatic rings. The first-order valence-electron chi connectivity index (χ1n) is 10.4. The van der Waals surface area contributed by atoms with Crippen molar-refractivity contribution in [2.24, 2.45) is 5.16 Å². The van der Waals surface area contributed by atoms with Crippen molar-refractivity contribution in [2.45, 2.75) is 29.1 Å². The number of carboxylic acids is 2. The number of nitrogens with zero attached hydrogens (tertiary/aromatic N) is 4. The number of carbonyl (C=O) groups excluding carboxylic acids is 2. The van der Waals surface area contributed by atoms with Crippen LogP contribution in [0.1, 0.15) is 16.3 Å². The molecule has 38 heavy (non-hydrogen) atoms. The number of oxime groups is 1. The van der Waals surface area contributed by atoms with Crippen LogP contribution in [0, 0.1) is 6.92 Å². The fourth-order valence-corrected chi connectivity index (χ4v) is 7.87. The van der Waals surface area contributed by atoms with Gasteiger partial charge >= 0.3 is 41.5 Å². The molecule has 2 amide bonds. The number of fused-ring (bicyclic) bond motifs is 1. The minimum atomic E-state index is -1.25. The SMILES string of the molecule is CO/N=C(\C(=O)NC1C(=O)N2C(C(=O)O)=C(CSc3nc(C)c(CC(=O)O)s3)CSC12)c1csc(N)n1.[Na+]. The first-order chi connectivity index (χ1) is 17.6. The number of amides is 2. The maximum atomic E-state index is 13.0. The molecule has 0 aliphatic carbocycles. The second-order valence-corrected chi connectivity index (χ2v) is 12.0. The van der Waals surface area contributed by atoms with E-state index in [1.54, 1.807) is 6.92 Å². The number of nitrogen functional groups attached to an aromatic ring is 1. The second-order valence-electron chi connectivity index (χ2n) is 7.66. The molecule has 2 aliphatic heterocycles. The number of thioether (sulfide) groups is 2. The molecule has 0 aromatic carbocycles. The van der Waals surface area contributed by atoms with Crippen molar-refractivity contribution in [1.82, 2.24) is 20.2 Å². The molecule has 0 saturated carbocycles. The molecule has 13 nitrogen and oxygen atoms in total. The molecule has 4 rings (SSSR count). The zero-order chi connectivity index (χ0) is 26.9. The Morgan fingerprint density at radius 3 is 2.68 bits per heavy atom. The molecule has 0 bridgehead atoms. The number of aliphatic carboxylic acids is 2. The molecule has 1 fully saturated rings. The van der Waals surface area contributed by atoms with Crippen molar-refractivity contribution >= 4 is 80.8 Å². The number of aryl methyl sites for hydroxylation is 1. The summed E-state index contributed by atoms with van der Waals surface area (Å²) in [6, 6.07) is -0.959. The minimum Gasteiger partial charge on any atom is -0.481 e. The van der Waals surface area contributed by atoms with Gasteiger partial charge in [0.2, 0.25) is 0 Å². The van der Waals surface area contributed by atoms with Gasteiger partial charge < -0.3 is 26.1 Å². The largest absolute Gasteiger partial charge is 1.00 e. The van der Waals surface area contributed by atoms with Crippen LogP contribution in [0.5, 0.6) is 0 Å². The van der Waals surface area contributed by atoms with E-state index in [0.717, 1.165) is 11.3 Å². The third kappa shape index (κ3) is 6.35. The minimum absolute atomic E-state index is 0. The molecular weight excluding hydrogens is 588 g/mol. The van der Waals surface area contributed by atoms with Crippen LogP contribution in [0.15, 0.2) is 26.1 Å². The van der Waals surface area contributed by atoms with Gasteiger partial charge in [0, 0.05) is 21.8 Å². The number of carboxylic acid groups (broad SMARTS) is 2. The van der Waals surface area contributed by atoms with Gasteiger partial charge in [-0.3, -0.25) is 19.3 Å². The van der Waals surface area contributed by atoms with E-state index in [1.807, 2.05) is 0 Å². The zero-order valence-electron chi connectivity index (χ0n) is 20.3. The van der Waals surface area contributed by atoms with Crippen molar-refractivity contribution in [3.63, 3.8) is 0 Å². The molecule has 4 heterocycles. The summed E-state index contributed by atoms with van der Waals surface area (Å²) < 4.78 is 0.617. The molecule has 2 aromatic heterocycles. The summed E-state index contributed by atoms with van der Waals surface area (Å²) in [5.74, 6) is -2.89. The Morgan fingerprint density at radius 1 is 1.34 bits per heavy atom. The van der Waals surface area contributed by atoms with Crippen molar-refractivity contribution in [3.8, 4) is 0 Å². The second kappa shape index (κ2) is 12.8. The predicted molar refractivity (Wildman–Crippen MR) is 139 cm³/mol. The van der Waals surface area contributed by atoms with Crippen LogP contribution in [0.25, 0.3) is 0 Å². The number of thiazole rings is 2. The predicted octanol–water partition coefficient (Wildman–Crippen LogP) is -2.00. The fourth-order valence-electron chi connectivity index (χ4n) is 3.61. The van der Waals surface area contributed by atoms with Crippen LogP contribution >= 0.6 is 46.2 Å². The Kier molecular flexibility index (Phi) is 10.2. The molecule has 0 spiro atoms. The van der Waals surface area contributed by atoms with Gasteiger partial charge in [-0.15, -0.1) is 34.4 Å². The molecule has 2 atom stereocenters. The number of aromatic nitrogens is 2. The van der Waals surface area contributed by atoms with Crippen LogP contribution in [0.3, 0.4) is 0 Å². The van der Waals surface area contributed by atoms with Gasteiger partial charge in [0.05, 0.1) is 12.1 Å². The average Bonchev–Trinajstić information content (AvgIpc) is 3.42. The van der Waals surface area contributed by atoms with Gasteiger partial charge in [0.15, 0.2) is 15.2 Å². The van der Waals surface area contributed by atoms with Gasteiger partial charge in [-0.2, -0.15) is 0 Å². The van der Waals surface area contributed by atoms with Crippen LogP contribution in [-0.4, -0.2) is 84.6 Å². The van der Waals surface area contributed by atoms with E-state index < -0.39 is 35.2 Å². The smallest absolute Gasteiger partial charge is 0.481 e. The summed E-state index contributed by atoms with van der Waals surface area (Å²) in [6.45, 7) is 1.72. The number of hydrogen-bond acceptors (Lipinski definition) is 13. The normalized spacial score (nSPS) is 18.8. The number of anilines is 1. The molecule has 2 unspecified atom stereocenters. The number of nitrogens with one attached hydrogen (secondary N) is 1. The number of hydrogen-bond donors (Lipinski definition) is 4. The molecule has 18 heteroatoms. The third-order valence-electron chi connectivity index (χ3n) is 5.25. The Morgan fingerprint density at radius 2 is 2.08 bits per heavy atom. The van der Waals surface area contributed by atoms with E-state index in [1.165, 1.54) is 52.3 Å². The Balaban J connectivity index is 0.00000400. The van der Waals surface area contributed by atoms with Gasteiger partial charge in [-0.25, -0.2) is 14.8 Å². The molecular formula is C20H20N6NaO7S4+. The average molecular weight is 608 g/mol. The number of β-lactam (4-membered cyclic amide) rings is 1. The maximum absolute atomic E-state index is 13.0. The van der Waals surface area contributed by atoms with Gasteiger partial charge in [-0.1, -0.05) is 16.9 Å². The Labute approximate surface area is 254 Å². The van der Waals surface area contributed by atoms with Crippen molar-refractivity contribution in [3.05, 3.63) is 32.9 Å². The summed E-state index contributed by atoms with van der Waals surface area (Å²) in [5.41, 5.74) is 6.70. The van der Waals surface area contributed by atoms with E-state index in [-0.39, 0.29) is 64.0 Å². The molecule has 0 radical (unpaired) electrons. The molecule has 2 aliphatic rings. The summed E-state index contributed by atoms with van der Waals surface area (Å²) in [7, 11) is 1.26. The summed E-state index contributed by atoms with van der Waals surface area (Å²) in [5, 5.41) is 26.3. The summed E-state index contributed by atoms with van der Waals surface area (Å²) >= 11 is 4.98. The molecule has 5 N–H and O–H groups in total. The standard InChI is InChI=1S/C20H20N6O7S4.Na/c1-7-10(3-11(27)28)37-20(22-7)36-5-8-4-34-17-13(16(30)26(17)14(8)18(31)32)24-15(29)12(25-33-2)9-6-35-19(21)23-9;/h6,13,17H,3-5H2,1-2H3,(H2,21,23)(H,24,29)(H,27,28)(H,31,32);/q;+1/b25-12-;. The van der Waals surface area contributed by atoms with Crippen molar-refractivity contribution < 1.29 is 63.8 Å². The van der Waals surface area contributed by atoms with Crippen LogP contribution in [0.2, 0.25) is 0 Å². The number of rotatable bonds is 10. The third-order valence-corrected chi connectivity index (χ3v) is 9.65. The van der Waals surface area contributed by atoms with Gasteiger partial charge in [0.25, 0.3) is 11.8 Å². The van der Waals surface area contributed by atoms with Crippen molar-refractivity contribution in [2.75, 3.05) is 24.3 Å². The van der Waals surface area contributed by atoms with Gasteiger partial charge in [-0.05, 0) is 12.5 Å². The van der Waals surface area contributed by atoms with Crippen LogP contribution < -0.4 is 40.6 Å².